The molecule has 0 aromatic carbocycles. The zero-order valence-corrected chi connectivity index (χ0v) is 6.76. The van der Waals surface area contributed by atoms with Crippen LogP contribution in [0.3, 0.4) is 0 Å². The third-order valence-corrected chi connectivity index (χ3v) is 0.957. The van der Waals surface area contributed by atoms with Gasteiger partial charge in [0.1, 0.15) is 0 Å². The molecular weight excluding hydrogens is 130 g/mol. The third kappa shape index (κ3) is 55.5. The summed E-state index contributed by atoms with van der Waals surface area (Å²) < 4.78 is 0. The summed E-state index contributed by atoms with van der Waals surface area (Å²) in [5.41, 5.74) is 4.03. The van der Waals surface area contributed by atoms with Crippen LogP contribution in [0.4, 0.5) is 4.79 Å². The summed E-state index contributed by atoms with van der Waals surface area (Å²) in [6.45, 7) is 4.46. The quantitative estimate of drug-likeness (QED) is 0.601. The number of rotatable bonds is 3. The SMILES string of the molecule is CCCCCC.NC(=O)O. The van der Waals surface area contributed by atoms with Crippen LogP contribution in [0.25, 0.3) is 0 Å². The average Bonchev–Trinajstić information content (AvgIpc) is 1.82. The molecule has 3 heteroatoms. The molecule has 1 amide bonds. The number of nitrogens with two attached hydrogens (primary N) is 1. The molecule has 0 radical (unpaired) electrons. The van der Waals surface area contributed by atoms with Crippen LogP contribution >= 0.6 is 0 Å². The van der Waals surface area contributed by atoms with Crippen molar-refractivity contribution in [3.05, 3.63) is 0 Å². The largest absolute Gasteiger partial charge is 0.465 e. The van der Waals surface area contributed by atoms with E-state index in [1.165, 1.54) is 25.7 Å². The maximum absolute atomic E-state index is 8.78. The van der Waals surface area contributed by atoms with Gasteiger partial charge in [-0.1, -0.05) is 39.5 Å². The monoisotopic (exact) mass is 147 g/mol. The molecule has 62 valence electrons. The van der Waals surface area contributed by atoms with E-state index in [2.05, 4.69) is 19.6 Å². The number of primary amides is 1. The second kappa shape index (κ2) is 11.1. The van der Waals surface area contributed by atoms with Gasteiger partial charge in [0, 0.05) is 0 Å². The van der Waals surface area contributed by atoms with Crippen molar-refractivity contribution in [3.8, 4) is 0 Å². The van der Waals surface area contributed by atoms with Crippen molar-refractivity contribution < 1.29 is 9.90 Å². The molecule has 0 aliphatic carbocycles. The fraction of sp³-hybridized carbons (Fsp3) is 0.857. The Morgan fingerprint density at radius 1 is 1.30 bits per heavy atom. The van der Waals surface area contributed by atoms with Gasteiger partial charge in [0.2, 0.25) is 0 Å². The van der Waals surface area contributed by atoms with E-state index < -0.39 is 6.09 Å². The molecule has 0 bridgehead atoms. The van der Waals surface area contributed by atoms with Crippen molar-refractivity contribution >= 4 is 6.09 Å². The molecule has 0 aromatic rings. The van der Waals surface area contributed by atoms with Gasteiger partial charge in [0.05, 0.1) is 0 Å². The zero-order chi connectivity index (χ0) is 8.41. The number of hydrogen-bond donors (Lipinski definition) is 2. The van der Waals surface area contributed by atoms with E-state index in [1.807, 2.05) is 0 Å². The van der Waals surface area contributed by atoms with Gasteiger partial charge in [-0.15, -0.1) is 0 Å². The Balaban J connectivity index is 0. The molecule has 3 N–H and O–H groups in total. The molecule has 3 nitrogen and oxygen atoms in total. The Morgan fingerprint density at radius 2 is 1.50 bits per heavy atom. The smallest absolute Gasteiger partial charge is 0.402 e. The zero-order valence-electron chi connectivity index (χ0n) is 6.76. The summed E-state index contributed by atoms with van der Waals surface area (Å²) in [6, 6.07) is 0. The van der Waals surface area contributed by atoms with Gasteiger partial charge in [0.15, 0.2) is 0 Å². The highest BCUT2D eigenvalue weighted by atomic mass is 16.4. The molecule has 0 spiro atoms. The van der Waals surface area contributed by atoms with Crippen LogP contribution in [0, 0.1) is 0 Å². The van der Waals surface area contributed by atoms with Gasteiger partial charge in [-0.3, -0.25) is 0 Å². The second-order valence-electron chi connectivity index (χ2n) is 2.05. The maximum atomic E-state index is 8.78. The van der Waals surface area contributed by atoms with Crippen LogP contribution in [0.5, 0.6) is 0 Å². The number of hydrogen-bond acceptors (Lipinski definition) is 1. The number of amides is 1. The van der Waals surface area contributed by atoms with Crippen LogP contribution in [-0.4, -0.2) is 11.2 Å². The van der Waals surface area contributed by atoms with Crippen LogP contribution < -0.4 is 5.73 Å². The van der Waals surface area contributed by atoms with Crippen LogP contribution in [0.2, 0.25) is 0 Å². The summed E-state index contributed by atoms with van der Waals surface area (Å²) in [5, 5.41) is 7.19. The third-order valence-electron chi connectivity index (χ3n) is 0.957. The highest BCUT2D eigenvalue weighted by Crippen LogP contribution is 1.95. The molecule has 0 unspecified atom stereocenters. The molecular formula is C7H17NO2. The molecule has 0 saturated heterocycles. The summed E-state index contributed by atoms with van der Waals surface area (Å²) >= 11 is 0. The summed E-state index contributed by atoms with van der Waals surface area (Å²) in [5.74, 6) is 0. The summed E-state index contributed by atoms with van der Waals surface area (Å²) in [7, 11) is 0. The summed E-state index contributed by atoms with van der Waals surface area (Å²) in [6.07, 6.45) is 4.20. The molecule has 10 heavy (non-hydrogen) atoms. The first-order valence-corrected chi connectivity index (χ1v) is 3.63. The topological polar surface area (TPSA) is 63.3 Å². The molecule has 0 saturated carbocycles. The van der Waals surface area contributed by atoms with Gasteiger partial charge in [-0.25, -0.2) is 4.79 Å². The van der Waals surface area contributed by atoms with Gasteiger partial charge in [-0.05, 0) is 0 Å². The van der Waals surface area contributed by atoms with Crippen molar-refractivity contribution in [2.45, 2.75) is 39.5 Å². The van der Waals surface area contributed by atoms with E-state index in [0.717, 1.165) is 0 Å². The fourth-order valence-electron chi connectivity index (χ4n) is 0.500. The first-order valence-electron chi connectivity index (χ1n) is 3.63. The summed E-state index contributed by atoms with van der Waals surface area (Å²) in [4.78, 5) is 8.78. The molecule has 0 fully saturated rings. The lowest BCUT2D eigenvalue weighted by atomic mass is 10.2. The van der Waals surface area contributed by atoms with Crippen molar-refractivity contribution in [1.82, 2.24) is 0 Å². The van der Waals surface area contributed by atoms with Gasteiger partial charge >= 0.3 is 6.09 Å². The predicted octanol–water partition coefficient (Wildman–Crippen LogP) is 2.21. The fourth-order valence-corrected chi connectivity index (χ4v) is 0.500. The Bertz CT molecular complexity index is 66.0. The van der Waals surface area contributed by atoms with Crippen molar-refractivity contribution in [2.24, 2.45) is 5.73 Å². The van der Waals surface area contributed by atoms with Crippen molar-refractivity contribution in [2.75, 3.05) is 0 Å². The lowest BCUT2D eigenvalue weighted by Crippen LogP contribution is -2.03. The average molecular weight is 147 g/mol. The number of carbonyl (C=O) groups is 1. The molecule has 0 atom stereocenters. The van der Waals surface area contributed by atoms with E-state index in [0.29, 0.717) is 0 Å². The van der Waals surface area contributed by atoms with Crippen LogP contribution in [-0.2, 0) is 0 Å². The highest BCUT2D eigenvalue weighted by molar-refractivity contribution is 5.61. The Morgan fingerprint density at radius 3 is 1.60 bits per heavy atom. The van der Waals surface area contributed by atoms with Gasteiger partial charge in [-0.2, -0.15) is 0 Å². The molecule has 0 aliphatic rings. The maximum Gasteiger partial charge on any atom is 0.402 e. The minimum Gasteiger partial charge on any atom is -0.465 e. The lowest BCUT2D eigenvalue weighted by molar-refractivity contribution is 0.205. The minimum absolute atomic E-state index is 1.33. The van der Waals surface area contributed by atoms with Crippen molar-refractivity contribution in [1.29, 1.82) is 0 Å². The Labute approximate surface area is 62.2 Å². The van der Waals surface area contributed by atoms with Crippen LogP contribution in [0.15, 0.2) is 0 Å². The second-order valence-corrected chi connectivity index (χ2v) is 2.05. The Hall–Kier alpha value is -0.730. The van der Waals surface area contributed by atoms with Crippen LogP contribution in [0.1, 0.15) is 39.5 Å². The molecule has 0 aromatic heterocycles. The minimum atomic E-state index is -1.33. The van der Waals surface area contributed by atoms with E-state index in [-0.39, 0.29) is 0 Å². The van der Waals surface area contributed by atoms with E-state index in [4.69, 9.17) is 9.90 Å². The molecule has 0 aliphatic heterocycles. The standard InChI is InChI=1S/C6H14.CH3NO2/c1-3-5-6-4-2;2-1(3)4/h3-6H2,1-2H3;2H2,(H,3,4). The first kappa shape index (κ1) is 12.0. The van der Waals surface area contributed by atoms with E-state index in [1.54, 1.807) is 0 Å². The van der Waals surface area contributed by atoms with Gasteiger partial charge < -0.3 is 10.8 Å². The molecule has 0 heterocycles. The lowest BCUT2D eigenvalue weighted by Gasteiger charge is -1.86. The normalized spacial score (nSPS) is 7.80. The predicted molar refractivity (Wildman–Crippen MR) is 42.0 cm³/mol. The number of unbranched alkanes of at least 4 members (excludes halogenated alkanes) is 3. The van der Waals surface area contributed by atoms with E-state index >= 15 is 0 Å². The number of carboxylic acid groups (broad SMARTS) is 1. The first-order chi connectivity index (χ1) is 4.65. The highest BCUT2D eigenvalue weighted by Gasteiger charge is 1.75. The van der Waals surface area contributed by atoms with Gasteiger partial charge in [0.25, 0.3) is 0 Å². The Kier molecular flexibility index (Phi) is 13.3. The van der Waals surface area contributed by atoms with Crippen molar-refractivity contribution in [3.63, 3.8) is 0 Å². The molecule has 0 rings (SSSR count). The van der Waals surface area contributed by atoms with E-state index in [9.17, 15) is 0 Å².